The molecule has 8 aliphatic carbocycles. The number of rotatable bonds is 3. The molecule has 0 N–H and O–H groups in total. The van der Waals surface area contributed by atoms with E-state index >= 15 is 0 Å². The van der Waals surface area contributed by atoms with E-state index in [4.69, 9.17) is 0 Å². The van der Waals surface area contributed by atoms with Crippen LogP contribution >= 0.6 is 0 Å². The Morgan fingerprint density at radius 1 is 0.250 bits per heavy atom. The highest BCUT2D eigenvalue weighted by atomic mass is 14.8. The highest BCUT2D eigenvalue weighted by molar-refractivity contribution is 5.56. The van der Waals surface area contributed by atoms with Crippen LogP contribution in [0.5, 0.6) is 0 Å². The lowest BCUT2D eigenvalue weighted by Crippen LogP contribution is -2.71. The van der Waals surface area contributed by atoms with Crippen LogP contribution in [0.15, 0.2) is 158 Å². The molecule has 0 radical (unpaired) electrons. The molecule has 4 unspecified atom stereocenters. The van der Waals surface area contributed by atoms with Gasteiger partial charge in [-0.2, -0.15) is 0 Å². The van der Waals surface area contributed by atoms with Crippen molar-refractivity contribution in [1.82, 2.24) is 0 Å². The molecule has 14 rings (SSSR count). The van der Waals surface area contributed by atoms with Gasteiger partial charge in [0, 0.05) is 44.5 Å². The van der Waals surface area contributed by atoms with Crippen LogP contribution in [0.4, 0.5) is 0 Å². The van der Waals surface area contributed by atoms with E-state index in [0.29, 0.717) is 0 Å². The number of hydrogen-bond acceptors (Lipinski definition) is 0. The third-order valence-electron chi connectivity index (χ3n) is 17.9. The molecule has 0 aromatic heterocycles. The summed E-state index contributed by atoms with van der Waals surface area (Å²) < 4.78 is 0. The van der Waals surface area contributed by atoms with Crippen LogP contribution in [0.3, 0.4) is 0 Å². The fourth-order valence-corrected chi connectivity index (χ4v) is 17.9. The maximum Gasteiger partial charge on any atom is 0.0264 e. The summed E-state index contributed by atoms with van der Waals surface area (Å²) in [5.74, 6) is 28.7. The molecular weight excluding hydrogens is 817 g/mol. The predicted molar refractivity (Wildman–Crippen MR) is 279 cm³/mol. The molecule has 0 heterocycles. The summed E-state index contributed by atoms with van der Waals surface area (Å²) in [6.07, 6.45) is 15.6. The highest BCUT2D eigenvalue weighted by Gasteiger charge is 2.76. The summed E-state index contributed by atoms with van der Waals surface area (Å²) in [6, 6.07) is 56.3. The van der Waals surface area contributed by atoms with Gasteiger partial charge in [-0.3, -0.25) is 0 Å². The zero-order valence-corrected chi connectivity index (χ0v) is 40.5. The van der Waals surface area contributed by atoms with E-state index in [0.717, 1.165) is 44.5 Å². The molecule has 68 heavy (non-hydrogen) atoms. The first-order valence-corrected chi connectivity index (χ1v) is 25.3. The van der Waals surface area contributed by atoms with Crippen molar-refractivity contribution in [2.75, 3.05) is 0 Å². The first-order chi connectivity index (χ1) is 32.7. The normalized spacial score (nSPS) is 33.2. The second-order valence-corrected chi connectivity index (χ2v) is 24.5. The molecule has 8 aliphatic rings. The average molecular weight is 879 g/mol. The van der Waals surface area contributed by atoms with Crippen LogP contribution in [0.2, 0.25) is 0 Å². The zero-order valence-electron chi connectivity index (χ0n) is 40.5. The molecule has 334 valence electrons. The standard InChI is InChI=1S/C68H62/c1-61-39-62(2)42-65(41-61,59-35-55(29-25-51-17-9-5-10-18-51)33-56(36-59)30-26-52-19-11-6-12-20-52)49-67(45-61,46-62)68-47-63(3)40-64(4,48-68)44-66(43-63,50-68)60-37-57(31-27-53-21-13-7-14-22-53)34-58(38-60)32-28-54-23-15-8-16-24-54/h5-24,33-38H,39-50H2,1-4H3. The minimum absolute atomic E-state index is 0.0668. The van der Waals surface area contributed by atoms with Crippen molar-refractivity contribution >= 4 is 0 Å². The Morgan fingerprint density at radius 3 is 0.735 bits per heavy atom. The average Bonchev–Trinajstić information content (AvgIpc) is 3.30. The third kappa shape index (κ3) is 7.73. The van der Waals surface area contributed by atoms with Crippen LogP contribution in [0, 0.1) is 79.9 Å². The SMILES string of the molecule is CC12CC3(C)CC(c4cc(C#Cc5ccccc5)cc(C#Cc5ccccc5)c4)(C1)CC(C14CC5(C)CC(C)(CC(c6cc(C#Cc7ccccc7)cc(C#Cc7ccccc7)c6)(C5)C1)C4)(C2)C3. The van der Waals surface area contributed by atoms with Crippen molar-refractivity contribution in [2.45, 2.75) is 116 Å². The Labute approximate surface area is 406 Å². The van der Waals surface area contributed by atoms with Gasteiger partial charge in [0.25, 0.3) is 0 Å². The maximum absolute atomic E-state index is 3.65. The van der Waals surface area contributed by atoms with Crippen LogP contribution in [-0.4, -0.2) is 0 Å². The summed E-state index contributed by atoms with van der Waals surface area (Å²) >= 11 is 0. The van der Waals surface area contributed by atoms with Gasteiger partial charge in [-0.1, -0.05) is 148 Å². The minimum atomic E-state index is 0.0668. The molecular formula is C68H62. The molecule has 0 heteroatoms. The molecule has 0 aliphatic heterocycles. The van der Waals surface area contributed by atoms with Crippen molar-refractivity contribution in [3.63, 3.8) is 0 Å². The molecule has 0 amide bonds. The van der Waals surface area contributed by atoms with E-state index in [1.54, 1.807) is 0 Å². The van der Waals surface area contributed by atoms with E-state index in [1.165, 1.54) is 88.2 Å². The van der Waals surface area contributed by atoms with Gasteiger partial charge in [0.05, 0.1) is 0 Å². The lowest BCUT2D eigenvalue weighted by atomic mass is 9.24. The van der Waals surface area contributed by atoms with E-state index in [-0.39, 0.29) is 43.3 Å². The van der Waals surface area contributed by atoms with Gasteiger partial charge in [0.15, 0.2) is 0 Å². The number of benzene rings is 6. The second kappa shape index (κ2) is 15.5. The molecule has 4 atom stereocenters. The van der Waals surface area contributed by atoms with Gasteiger partial charge in [-0.15, -0.1) is 0 Å². The largest absolute Gasteiger partial charge is 0.0622 e. The summed E-state index contributed by atoms with van der Waals surface area (Å²) in [4.78, 5) is 0. The molecule has 8 saturated carbocycles. The van der Waals surface area contributed by atoms with Crippen LogP contribution in [0.25, 0.3) is 0 Å². The summed E-state index contributed by atoms with van der Waals surface area (Å²) in [6.45, 7) is 10.8. The fourth-order valence-electron chi connectivity index (χ4n) is 17.9. The van der Waals surface area contributed by atoms with Crippen LogP contribution < -0.4 is 0 Å². The Kier molecular flexibility index (Phi) is 9.80. The summed E-state index contributed by atoms with van der Waals surface area (Å²) in [5, 5.41) is 0. The molecule has 8 bridgehead atoms. The van der Waals surface area contributed by atoms with E-state index in [1.807, 2.05) is 0 Å². The summed E-state index contributed by atoms with van der Waals surface area (Å²) in [5.41, 5.74) is 13.2. The zero-order chi connectivity index (χ0) is 46.3. The minimum Gasteiger partial charge on any atom is -0.0622 e. The maximum atomic E-state index is 3.65. The van der Waals surface area contributed by atoms with Crippen molar-refractivity contribution in [2.24, 2.45) is 32.5 Å². The number of hydrogen-bond donors (Lipinski definition) is 0. The monoisotopic (exact) mass is 878 g/mol. The van der Waals surface area contributed by atoms with Gasteiger partial charge in [-0.25, -0.2) is 0 Å². The third-order valence-corrected chi connectivity index (χ3v) is 17.9. The lowest BCUT2D eigenvalue weighted by Gasteiger charge is -2.80. The molecule has 0 saturated heterocycles. The van der Waals surface area contributed by atoms with E-state index in [9.17, 15) is 0 Å². The van der Waals surface area contributed by atoms with Gasteiger partial charge in [-0.05, 0) is 216 Å². The van der Waals surface area contributed by atoms with Crippen molar-refractivity contribution in [3.05, 3.63) is 213 Å². The Hall–Kier alpha value is -6.44. The first kappa shape index (κ1) is 42.9. The van der Waals surface area contributed by atoms with Crippen molar-refractivity contribution < 1.29 is 0 Å². The van der Waals surface area contributed by atoms with Crippen LogP contribution in [-0.2, 0) is 10.8 Å². The Balaban J connectivity index is 0.989. The molecule has 6 aromatic carbocycles. The van der Waals surface area contributed by atoms with E-state index in [2.05, 4.69) is 233 Å². The highest BCUT2D eigenvalue weighted by Crippen LogP contribution is 2.85. The summed E-state index contributed by atoms with van der Waals surface area (Å²) in [7, 11) is 0. The topological polar surface area (TPSA) is 0 Å². The quantitative estimate of drug-likeness (QED) is 0.155. The van der Waals surface area contributed by atoms with Gasteiger partial charge in [0.2, 0.25) is 0 Å². The lowest BCUT2D eigenvalue weighted by molar-refractivity contribution is -0.275. The van der Waals surface area contributed by atoms with Gasteiger partial charge in [0.1, 0.15) is 0 Å². The van der Waals surface area contributed by atoms with E-state index < -0.39 is 0 Å². The predicted octanol–water partition coefficient (Wildman–Crippen LogP) is 15.2. The molecule has 6 aromatic rings. The Bertz CT molecular complexity index is 2810. The fraction of sp³-hybridized carbons (Fsp3) is 0.353. The second-order valence-electron chi connectivity index (χ2n) is 24.5. The smallest absolute Gasteiger partial charge is 0.0264 e. The van der Waals surface area contributed by atoms with Crippen molar-refractivity contribution in [1.29, 1.82) is 0 Å². The van der Waals surface area contributed by atoms with Gasteiger partial charge >= 0.3 is 0 Å². The van der Waals surface area contributed by atoms with Crippen LogP contribution in [0.1, 0.15) is 160 Å². The van der Waals surface area contributed by atoms with Gasteiger partial charge < -0.3 is 0 Å². The molecule has 0 spiro atoms. The van der Waals surface area contributed by atoms with Crippen molar-refractivity contribution in [3.8, 4) is 47.4 Å². The molecule has 8 fully saturated rings. The Morgan fingerprint density at radius 2 is 0.485 bits per heavy atom. The molecule has 0 nitrogen and oxygen atoms in total. The first-order valence-electron chi connectivity index (χ1n) is 25.3.